The molecule has 1 fully saturated rings. The minimum absolute atomic E-state index is 0.241. The van der Waals surface area contributed by atoms with Crippen LogP contribution in [-0.2, 0) is 9.59 Å². The molecule has 5 heterocycles. The topological polar surface area (TPSA) is 123 Å². The number of nitrogens with zero attached hydrogens (tertiary/aromatic N) is 3. The number of aromatic nitrogens is 3. The van der Waals surface area contributed by atoms with Crippen molar-refractivity contribution in [3.05, 3.63) is 53.2 Å². The zero-order chi connectivity index (χ0) is 25.0. The van der Waals surface area contributed by atoms with Gasteiger partial charge in [-0.25, -0.2) is 9.97 Å². The number of hydrogen-bond acceptors (Lipinski definition) is 8. The summed E-state index contributed by atoms with van der Waals surface area (Å²) in [7, 11) is 1.88. The van der Waals surface area contributed by atoms with Crippen LogP contribution < -0.4 is 15.5 Å². The highest BCUT2D eigenvalue weighted by Crippen LogP contribution is 2.39. The molecule has 2 unspecified atom stereocenters. The summed E-state index contributed by atoms with van der Waals surface area (Å²) in [5, 5.41) is 19.4. The number of nitrogens with one attached hydrogen (secondary N) is 3. The molecule has 1 aromatic carbocycles. The Morgan fingerprint density at radius 3 is 2.78 bits per heavy atom. The average Bonchev–Trinajstić information content (AvgIpc) is 3.58. The number of carbonyl (C=O) groups is 2. The number of rotatable bonds is 5. The number of benzene rings is 1. The second-order valence-electron chi connectivity index (χ2n) is 9.26. The third-order valence-electron chi connectivity index (χ3n) is 7.58. The van der Waals surface area contributed by atoms with Gasteiger partial charge in [0, 0.05) is 35.8 Å². The van der Waals surface area contributed by atoms with E-state index in [2.05, 4.69) is 22.5 Å². The molecule has 2 amide bonds. The van der Waals surface area contributed by atoms with Gasteiger partial charge in [0.15, 0.2) is 0 Å². The molecule has 4 N–H and O–H groups in total. The predicted molar refractivity (Wildman–Crippen MR) is 141 cm³/mol. The number of β-amino-alcohol motifs (C(OH)–C–C–N with tert-alkyl or cyclic N) is 1. The highest BCUT2D eigenvalue weighted by Gasteiger charge is 2.41. The van der Waals surface area contributed by atoms with Crippen molar-refractivity contribution in [2.45, 2.75) is 31.4 Å². The van der Waals surface area contributed by atoms with Crippen LogP contribution >= 0.6 is 11.3 Å². The van der Waals surface area contributed by atoms with Crippen molar-refractivity contribution in [1.29, 1.82) is 0 Å². The van der Waals surface area contributed by atoms with Crippen LogP contribution in [0, 0.1) is 0 Å². The Kier molecular flexibility index (Phi) is 5.40. The molecule has 3 aromatic heterocycles. The van der Waals surface area contributed by atoms with Crippen molar-refractivity contribution in [2.75, 3.05) is 25.0 Å². The smallest absolute Gasteiger partial charge is 0.261 e. The van der Waals surface area contributed by atoms with E-state index < -0.39 is 17.9 Å². The number of hydrogen-bond donors (Lipinski definition) is 4. The van der Waals surface area contributed by atoms with Gasteiger partial charge in [-0.15, -0.1) is 11.3 Å². The van der Waals surface area contributed by atoms with E-state index >= 15 is 0 Å². The first-order valence-electron chi connectivity index (χ1n) is 12.0. The third kappa shape index (κ3) is 3.36. The highest BCUT2D eigenvalue weighted by atomic mass is 32.1. The van der Waals surface area contributed by atoms with Crippen LogP contribution in [0.5, 0.6) is 0 Å². The number of aliphatic hydroxyl groups is 1. The average molecular weight is 503 g/mol. The number of amides is 2. The van der Waals surface area contributed by atoms with Crippen LogP contribution in [0.25, 0.3) is 32.3 Å². The molecule has 0 saturated carbocycles. The number of thiophene rings is 1. The van der Waals surface area contributed by atoms with Gasteiger partial charge in [-0.1, -0.05) is 25.1 Å². The molecule has 6 rings (SSSR count). The van der Waals surface area contributed by atoms with Gasteiger partial charge in [0.25, 0.3) is 11.8 Å². The minimum atomic E-state index is -0.613. The molecule has 2 aliphatic heterocycles. The van der Waals surface area contributed by atoms with Crippen molar-refractivity contribution >= 4 is 61.4 Å². The lowest BCUT2D eigenvalue weighted by molar-refractivity contribution is -0.122. The fraction of sp³-hybridized carbons (Fsp3) is 0.308. The number of H-pyrrole nitrogens is 1. The van der Waals surface area contributed by atoms with Gasteiger partial charge < -0.3 is 20.3 Å². The Morgan fingerprint density at radius 2 is 2.00 bits per heavy atom. The molecule has 0 bridgehead atoms. The molecule has 4 aromatic rings. The largest absolute Gasteiger partial charge is 0.389 e. The summed E-state index contributed by atoms with van der Waals surface area (Å²) in [5.41, 5.74) is 2.86. The van der Waals surface area contributed by atoms with Gasteiger partial charge >= 0.3 is 0 Å². The summed E-state index contributed by atoms with van der Waals surface area (Å²) in [4.78, 5) is 41.0. The number of carbonyl (C=O) groups excluding carboxylic acids is 2. The summed E-state index contributed by atoms with van der Waals surface area (Å²) in [5.74, 6) is -0.490. The summed E-state index contributed by atoms with van der Waals surface area (Å²) in [6.07, 6.45) is 2.67. The van der Waals surface area contributed by atoms with Gasteiger partial charge in [-0.05, 0) is 37.4 Å². The first-order chi connectivity index (χ1) is 17.5. The van der Waals surface area contributed by atoms with Crippen LogP contribution in [-0.4, -0.2) is 63.7 Å². The van der Waals surface area contributed by atoms with Crippen LogP contribution in [0.2, 0.25) is 0 Å². The maximum atomic E-state index is 13.2. The summed E-state index contributed by atoms with van der Waals surface area (Å²) in [6.45, 7) is 3.07. The fourth-order valence-electron chi connectivity index (χ4n) is 5.41. The monoisotopic (exact) mass is 502 g/mol. The van der Waals surface area contributed by atoms with E-state index in [0.717, 1.165) is 23.1 Å². The van der Waals surface area contributed by atoms with Gasteiger partial charge in [0.05, 0.1) is 38.7 Å². The molecular formula is C26H26N6O3S. The van der Waals surface area contributed by atoms with Gasteiger partial charge in [-0.2, -0.15) is 0 Å². The molecule has 184 valence electrons. The maximum Gasteiger partial charge on any atom is 0.261 e. The van der Waals surface area contributed by atoms with Crippen LogP contribution in [0.4, 0.5) is 5.95 Å². The summed E-state index contributed by atoms with van der Waals surface area (Å²) >= 11 is 1.51. The Morgan fingerprint density at radius 1 is 1.19 bits per heavy atom. The Hall–Kier alpha value is -3.60. The molecule has 0 aliphatic carbocycles. The molecule has 0 spiro atoms. The van der Waals surface area contributed by atoms with E-state index in [4.69, 9.17) is 9.97 Å². The molecule has 0 radical (unpaired) electrons. The van der Waals surface area contributed by atoms with E-state index in [1.165, 1.54) is 11.3 Å². The Labute approximate surface area is 211 Å². The first kappa shape index (κ1) is 22.8. The number of piperidine rings is 1. The number of likely N-dealkylation sites (N-methyl/N-ethyl adjacent to an activating group) is 1. The van der Waals surface area contributed by atoms with Crippen molar-refractivity contribution in [2.24, 2.45) is 0 Å². The minimum Gasteiger partial charge on any atom is -0.389 e. The standard InChI is InChI=1S/C26H26N6O3S/c1-3-26(27-2)9-10-32(13-18(26)33)25-29-16-7-5-4-6-14(16)21(30-25)20-19(23(34)31-24(20)35)15-12-28-17-8-11-36-22(15)17/h4-8,11-12,18,27-28,33H,3,9-10,13H2,1-2H3,(H,31,34,35). The predicted octanol–water partition coefficient (Wildman–Crippen LogP) is 2.68. The van der Waals surface area contributed by atoms with E-state index in [1.54, 1.807) is 6.20 Å². The molecule has 9 nitrogen and oxygen atoms in total. The molecule has 1 saturated heterocycles. The second-order valence-corrected chi connectivity index (χ2v) is 10.2. The van der Waals surface area contributed by atoms with Gasteiger partial charge in [0.1, 0.15) is 0 Å². The Bertz CT molecular complexity index is 1550. The zero-order valence-electron chi connectivity index (χ0n) is 20.0. The zero-order valence-corrected chi connectivity index (χ0v) is 20.8. The first-order valence-corrected chi connectivity index (χ1v) is 12.9. The molecule has 36 heavy (non-hydrogen) atoms. The Balaban J connectivity index is 1.53. The van der Waals surface area contributed by atoms with E-state index in [-0.39, 0.29) is 11.1 Å². The molecular weight excluding hydrogens is 476 g/mol. The van der Waals surface area contributed by atoms with Crippen molar-refractivity contribution in [1.82, 2.24) is 25.6 Å². The van der Waals surface area contributed by atoms with Gasteiger partial charge in [0.2, 0.25) is 5.95 Å². The molecule has 2 atom stereocenters. The molecule has 2 aliphatic rings. The van der Waals surface area contributed by atoms with Crippen LogP contribution in [0.1, 0.15) is 31.0 Å². The molecule has 10 heteroatoms. The van der Waals surface area contributed by atoms with Gasteiger partial charge in [-0.3, -0.25) is 14.9 Å². The second kappa shape index (κ2) is 8.51. The van der Waals surface area contributed by atoms with E-state index in [0.29, 0.717) is 46.8 Å². The number of fused-ring (bicyclic) bond motifs is 2. The normalized spacial score (nSPS) is 22.8. The van der Waals surface area contributed by atoms with Crippen molar-refractivity contribution in [3.8, 4) is 0 Å². The van der Waals surface area contributed by atoms with Crippen LogP contribution in [0.15, 0.2) is 41.9 Å². The third-order valence-corrected chi connectivity index (χ3v) is 8.53. The lowest BCUT2D eigenvalue weighted by Crippen LogP contribution is -2.62. The van der Waals surface area contributed by atoms with Crippen molar-refractivity contribution in [3.63, 3.8) is 0 Å². The fourth-order valence-corrected chi connectivity index (χ4v) is 6.29. The van der Waals surface area contributed by atoms with E-state index in [1.807, 2.05) is 47.7 Å². The number of aromatic amines is 1. The maximum absolute atomic E-state index is 13.2. The summed E-state index contributed by atoms with van der Waals surface area (Å²) in [6, 6.07) is 9.43. The number of anilines is 1. The quantitative estimate of drug-likeness (QED) is 0.310. The summed E-state index contributed by atoms with van der Waals surface area (Å²) < 4.78 is 0.910. The van der Waals surface area contributed by atoms with Crippen LogP contribution in [0.3, 0.4) is 0 Å². The number of imide groups is 1. The lowest BCUT2D eigenvalue weighted by atomic mass is 9.82. The number of aliphatic hydroxyl groups excluding tert-OH is 1. The SMILES string of the molecule is CCC1(NC)CCN(c2nc(C3=C(c4c[nH]c5ccsc45)C(=O)NC3=O)c3ccccc3n2)CC1O. The highest BCUT2D eigenvalue weighted by molar-refractivity contribution is 7.17. The lowest BCUT2D eigenvalue weighted by Gasteiger charge is -2.45. The van der Waals surface area contributed by atoms with Crippen molar-refractivity contribution < 1.29 is 14.7 Å². The van der Waals surface area contributed by atoms with E-state index in [9.17, 15) is 14.7 Å². The number of para-hydroxylation sites is 1.